The van der Waals surface area contributed by atoms with Gasteiger partial charge in [-0.15, -0.1) is 0 Å². The zero-order chi connectivity index (χ0) is 12.1. The molecule has 2 N–H and O–H groups in total. The summed E-state index contributed by atoms with van der Waals surface area (Å²) in [7, 11) is 2.23. The van der Waals surface area contributed by atoms with Gasteiger partial charge in [0, 0.05) is 32.2 Å². The lowest BCUT2D eigenvalue weighted by atomic mass is 10.1. The first-order chi connectivity index (χ1) is 8.29. The molecule has 1 saturated heterocycles. The van der Waals surface area contributed by atoms with Gasteiger partial charge in [0.05, 0.1) is 0 Å². The van der Waals surface area contributed by atoms with E-state index in [2.05, 4.69) is 47.2 Å². The molecule has 2 rings (SSSR count). The van der Waals surface area contributed by atoms with E-state index in [1.54, 1.807) is 0 Å². The van der Waals surface area contributed by atoms with Gasteiger partial charge in [0.15, 0.2) is 0 Å². The summed E-state index contributed by atoms with van der Waals surface area (Å²) < 4.78 is 0. The van der Waals surface area contributed by atoms with Crippen LogP contribution in [0.1, 0.15) is 12.0 Å². The Morgan fingerprint density at radius 2 is 2.12 bits per heavy atom. The smallest absolute Gasteiger partial charge is 0.0235 e. The monoisotopic (exact) mass is 233 g/mol. The third kappa shape index (κ3) is 3.53. The van der Waals surface area contributed by atoms with Crippen LogP contribution in [0, 0.1) is 0 Å². The molecule has 0 radical (unpaired) electrons. The first-order valence-electron chi connectivity index (χ1n) is 6.46. The number of likely N-dealkylation sites (N-methyl/N-ethyl adjacent to an activating group) is 1. The fourth-order valence-corrected chi connectivity index (χ4v) is 2.56. The van der Waals surface area contributed by atoms with Crippen molar-refractivity contribution in [1.82, 2.24) is 9.80 Å². The largest absolute Gasteiger partial charge is 0.329 e. The summed E-state index contributed by atoms with van der Waals surface area (Å²) in [5.74, 6) is 0. The van der Waals surface area contributed by atoms with Crippen molar-refractivity contribution in [3.8, 4) is 0 Å². The van der Waals surface area contributed by atoms with Crippen LogP contribution in [0.2, 0.25) is 0 Å². The van der Waals surface area contributed by atoms with Crippen molar-refractivity contribution >= 4 is 0 Å². The maximum Gasteiger partial charge on any atom is 0.0235 e. The van der Waals surface area contributed by atoms with Gasteiger partial charge in [-0.1, -0.05) is 30.3 Å². The standard InChI is InChI=1S/C14H23N3/c1-16(11-13-5-3-2-4-6-13)14-7-9-17(12-14)10-8-15/h2-6,14H,7-12,15H2,1H3. The quantitative estimate of drug-likeness (QED) is 0.828. The van der Waals surface area contributed by atoms with Gasteiger partial charge < -0.3 is 10.6 Å². The predicted molar refractivity (Wildman–Crippen MR) is 71.8 cm³/mol. The molecule has 1 unspecified atom stereocenters. The molecule has 94 valence electrons. The first-order valence-corrected chi connectivity index (χ1v) is 6.46. The van der Waals surface area contributed by atoms with Gasteiger partial charge >= 0.3 is 0 Å². The second-order valence-corrected chi connectivity index (χ2v) is 4.93. The normalized spacial score (nSPS) is 21.2. The van der Waals surface area contributed by atoms with Crippen LogP contribution in [-0.4, -0.2) is 49.1 Å². The van der Waals surface area contributed by atoms with Crippen molar-refractivity contribution in [2.24, 2.45) is 5.73 Å². The van der Waals surface area contributed by atoms with Crippen LogP contribution < -0.4 is 5.73 Å². The summed E-state index contributed by atoms with van der Waals surface area (Å²) in [6, 6.07) is 11.4. The van der Waals surface area contributed by atoms with Gasteiger partial charge in [0.25, 0.3) is 0 Å². The number of hydrogen-bond acceptors (Lipinski definition) is 3. The van der Waals surface area contributed by atoms with Crippen LogP contribution in [0.3, 0.4) is 0 Å². The molecule has 0 amide bonds. The molecule has 0 bridgehead atoms. The van der Waals surface area contributed by atoms with Crippen LogP contribution in [0.15, 0.2) is 30.3 Å². The van der Waals surface area contributed by atoms with E-state index in [9.17, 15) is 0 Å². The Hall–Kier alpha value is -0.900. The molecule has 0 aromatic heterocycles. The molecule has 1 aliphatic rings. The highest BCUT2D eigenvalue weighted by atomic mass is 15.2. The van der Waals surface area contributed by atoms with E-state index in [1.165, 1.54) is 25.1 Å². The van der Waals surface area contributed by atoms with Gasteiger partial charge in [0.2, 0.25) is 0 Å². The average Bonchev–Trinajstić information content (AvgIpc) is 2.79. The van der Waals surface area contributed by atoms with Crippen LogP contribution in [0.4, 0.5) is 0 Å². The molecule has 1 aromatic rings. The van der Waals surface area contributed by atoms with E-state index in [4.69, 9.17) is 5.73 Å². The lowest BCUT2D eigenvalue weighted by Gasteiger charge is -2.24. The van der Waals surface area contributed by atoms with Crippen LogP contribution in [0.5, 0.6) is 0 Å². The number of benzene rings is 1. The van der Waals surface area contributed by atoms with E-state index in [1.807, 2.05) is 0 Å². The van der Waals surface area contributed by atoms with Gasteiger partial charge in [0.1, 0.15) is 0 Å². The molecule has 3 heteroatoms. The second kappa shape index (κ2) is 6.15. The molecule has 0 aliphatic carbocycles. The number of nitrogens with zero attached hydrogens (tertiary/aromatic N) is 2. The SMILES string of the molecule is CN(Cc1ccccc1)C1CCN(CCN)C1. The Kier molecular flexibility index (Phi) is 4.54. The summed E-state index contributed by atoms with van der Waals surface area (Å²) in [4.78, 5) is 4.93. The zero-order valence-electron chi connectivity index (χ0n) is 10.7. The molecule has 1 atom stereocenters. The molecule has 1 aliphatic heterocycles. The molecule has 3 nitrogen and oxygen atoms in total. The molecular formula is C14H23N3. The van der Waals surface area contributed by atoms with E-state index in [0.717, 1.165) is 19.6 Å². The minimum Gasteiger partial charge on any atom is -0.329 e. The molecule has 0 saturated carbocycles. The number of likely N-dealkylation sites (tertiary alicyclic amines) is 1. The minimum absolute atomic E-state index is 0.682. The summed E-state index contributed by atoms with van der Waals surface area (Å²) in [5, 5.41) is 0. The van der Waals surface area contributed by atoms with Crippen molar-refractivity contribution in [3.63, 3.8) is 0 Å². The highest BCUT2D eigenvalue weighted by molar-refractivity contribution is 5.14. The third-order valence-corrected chi connectivity index (χ3v) is 3.59. The fraction of sp³-hybridized carbons (Fsp3) is 0.571. The molecule has 1 heterocycles. The van der Waals surface area contributed by atoms with E-state index < -0.39 is 0 Å². The van der Waals surface area contributed by atoms with Crippen LogP contribution in [-0.2, 0) is 6.54 Å². The molecule has 0 spiro atoms. The Bertz CT molecular complexity index is 325. The Morgan fingerprint density at radius 1 is 1.35 bits per heavy atom. The van der Waals surface area contributed by atoms with E-state index >= 15 is 0 Å². The minimum atomic E-state index is 0.682. The summed E-state index contributed by atoms with van der Waals surface area (Å²) in [6.45, 7) is 5.22. The maximum absolute atomic E-state index is 5.60. The number of hydrogen-bond donors (Lipinski definition) is 1. The number of nitrogens with two attached hydrogens (primary N) is 1. The summed E-state index contributed by atoms with van der Waals surface area (Å²) >= 11 is 0. The topological polar surface area (TPSA) is 32.5 Å². The van der Waals surface area contributed by atoms with Crippen LogP contribution in [0.25, 0.3) is 0 Å². The van der Waals surface area contributed by atoms with Gasteiger partial charge in [-0.3, -0.25) is 4.90 Å². The lowest BCUT2D eigenvalue weighted by molar-refractivity contribution is 0.226. The van der Waals surface area contributed by atoms with E-state index in [-0.39, 0.29) is 0 Å². The zero-order valence-corrected chi connectivity index (χ0v) is 10.7. The maximum atomic E-state index is 5.60. The summed E-state index contributed by atoms with van der Waals surface area (Å²) in [6.07, 6.45) is 1.27. The number of rotatable bonds is 5. The van der Waals surface area contributed by atoms with Crippen molar-refractivity contribution in [2.45, 2.75) is 19.0 Å². The van der Waals surface area contributed by atoms with Crippen LogP contribution >= 0.6 is 0 Å². The second-order valence-electron chi connectivity index (χ2n) is 4.93. The first kappa shape index (κ1) is 12.6. The average molecular weight is 233 g/mol. The van der Waals surface area contributed by atoms with Crippen molar-refractivity contribution in [2.75, 3.05) is 33.2 Å². The fourth-order valence-electron chi connectivity index (χ4n) is 2.56. The highest BCUT2D eigenvalue weighted by Crippen LogP contribution is 2.16. The molecule has 17 heavy (non-hydrogen) atoms. The van der Waals surface area contributed by atoms with Gasteiger partial charge in [-0.2, -0.15) is 0 Å². The Balaban J connectivity index is 1.83. The highest BCUT2D eigenvalue weighted by Gasteiger charge is 2.24. The van der Waals surface area contributed by atoms with E-state index in [0.29, 0.717) is 6.04 Å². The molecule has 1 fully saturated rings. The molecular weight excluding hydrogens is 210 g/mol. The predicted octanol–water partition coefficient (Wildman–Crippen LogP) is 1.15. The lowest BCUT2D eigenvalue weighted by Crippen LogP contribution is -2.35. The van der Waals surface area contributed by atoms with Crippen molar-refractivity contribution < 1.29 is 0 Å². The molecule has 1 aromatic carbocycles. The third-order valence-electron chi connectivity index (χ3n) is 3.59. The summed E-state index contributed by atoms with van der Waals surface area (Å²) in [5.41, 5.74) is 6.99. The van der Waals surface area contributed by atoms with Gasteiger partial charge in [-0.05, 0) is 25.6 Å². The Labute approximate surface area is 104 Å². The van der Waals surface area contributed by atoms with Crippen molar-refractivity contribution in [3.05, 3.63) is 35.9 Å². The Morgan fingerprint density at radius 3 is 2.82 bits per heavy atom. The van der Waals surface area contributed by atoms with Gasteiger partial charge in [-0.25, -0.2) is 0 Å². The van der Waals surface area contributed by atoms with Crippen molar-refractivity contribution in [1.29, 1.82) is 0 Å².